The van der Waals surface area contributed by atoms with Gasteiger partial charge in [-0.1, -0.05) is 11.8 Å². The van der Waals surface area contributed by atoms with E-state index in [9.17, 15) is 4.39 Å². The topological polar surface area (TPSA) is 22.1 Å². The third-order valence-electron chi connectivity index (χ3n) is 2.19. The number of thioether (sulfide) groups is 1. The van der Waals surface area contributed by atoms with Gasteiger partial charge in [-0.2, -0.15) is 0 Å². The molecule has 0 atom stereocenters. The molecular formula is C13H14FNOS2. The van der Waals surface area contributed by atoms with Crippen LogP contribution >= 0.6 is 23.1 Å². The zero-order chi connectivity index (χ0) is 12.8. The van der Waals surface area contributed by atoms with Crippen LogP contribution in [0.15, 0.2) is 34.0 Å². The van der Waals surface area contributed by atoms with Gasteiger partial charge in [0.25, 0.3) is 0 Å². The van der Waals surface area contributed by atoms with Crippen molar-refractivity contribution in [1.82, 2.24) is 4.98 Å². The molecule has 0 unspecified atom stereocenters. The molecule has 1 heterocycles. The summed E-state index contributed by atoms with van der Waals surface area (Å²) in [5.74, 6) is 1.46. The summed E-state index contributed by atoms with van der Waals surface area (Å²) in [4.78, 5) is 4.38. The van der Waals surface area contributed by atoms with E-state index in [1.54, 1.807) is 35.2 Å². The van der Waals surface area contributed by atoms with Crippen molar-refractivity contribution < 1.29 is 9.13 Å². The standard InChI is InChI=1S/C13H14FNOS2/c1-10-9-18-13(15-10)17-8-2-7-16-12-5-3-11(14)4-6-12/h3-6,9H,2,7-8H2,1H3. The Labute approximate surface area is 114 Å². The highest BCUT2D eigenvalue weighted by molar-refractivity contribution is 8.00. The van der Waals surface area contributed by atoms with E-state index in [4.69, 9.17) is 4.74 Å². The summed E-state index contributed by atoms with van der Waals surface area (Å²) >= 11 is 3.42. The molecule has 0 amide bonds. The number of thiazole rings is 1. The van der Waals surface area contributed by atoms with E-state index in [0.717, 1.165) is 22.2 Å². The van der Waals surface area contributed by atoms with Crippen LogP contribution in [0, 0.1) is 12.7 Å². The Kier molecular flexibility index (Phi) is 5.01. The Morgan fingerprint density at radius 2 is 2.11 bits per heavy atom. The maximum absolute atomic E-state index is 12.7. The van der Waals surface area contributed by atoms with E-state index in [2.05, 4.69) is 10.4 Å². The van der Waals surface area contributed by atoms with Crippen LogP contribution in [-0.4, -0.2) is 17.3 Å². The van der Waals surface area contributed by atoms with Crippen molar-refractivity contribution >= 4 is 23.1 Å². The van der Waals surface area contributed by atoms with Crippen LogP contribution in [0.1, 0.15) is 12.1 Å². The largest absolute Gasteiger partial charge is 0.494 e. The van der Waals surface area contributed by atoms with Crippen LogP contribution in [0.5, 0.6) is 5.75 Å². The van der Waals surface area contributed by atoms with Gasteiger partial charge in [-0.3, -0.25) is 0 Å². The Morgan fingerprint density at radius 3 is 2.78 bits per heavy atom. The Balaban J connectivity index is 1.63. The molecule has 0 fully saturated rings. The fourth-order valence-electron chi connectivity index (χ4n) is 1.34. The Hall–Kier alpha value is -1.07. The second kappa shape index (κ2) is 6.75. The monoisotopic (exact) mass is 283 g/mol. The molecule has 2 rings (SSSR count). The minimum atomic E-state index is -0.239. The smallest absolute Gasteiger partial charge is 0.150 e. The van der Waals surface area contributed by atoms with Gasteiger partial charge in [-0.05, 0) is 37.6 Å². The minimum absolute atomic E-state index is 0.239. The Morgan fingerprint density at radius 1 is 1.33 bits per heavy atom. The SMILES string of the molecule is Cc1csc(SCCCOc2ccc(F)cc2)n1. The normalized spacial score (nSPS) is 10.6. The number of aromatic nitrogens is 1. The average Bonchev–Trinajstić information content (AvgIpc) is 2.77. The van der Waals surface area contributed by atoms with E-state index < -0.39 is 0 Å². The predicted octanol–water partition coefficient (Wildman–Crippen LogP) is 4.15. The lowest BCUT2D eigenvalue weighted by Crippen LogP contribution is -1.98. The molecule has 0 bridgehead atoms. The van der Waals surface area contributed by atoms with Crippen molar-refractivity contribution in [1.29, 1.82) is 0 Å². The summed E-state index contributed by atoms with van der Waals surface area (Å²) in [7, 11) is 0. The second-order valence-corrected chi connectivity index (χ2v) is 5.96. The molecule has 18 heavy (non-hydrogen) atoms. The lowest BCUT2D eigenvalue weighted by Gasteiger charge is -2.04. The number of halogens is 1. The lowest BCUT2D eigenvalue weighted by molar-refractivity contribution is 0.318. The molecule has 0 saturated heterocycles. The summed E-state index contributed by atoms with van der Waals surface area (Å²) in [5, 5.41) is 2.05. The first-order valence-electron chi connectivity index (χ1n) is 5.67. The highest BCUT2D eigenvalue weighted by Gasteiger charge is 1.99. The molecule has 0 N–H and O–H groups in total. The minimum Gasteiger partial charge on any atom is -0.494 e. The van der Waals surface area contributed by atoms with Gasteiger partial charge < -0.3 is 4.74 Å². The van der Waals surface area contributed by atoms with Gasteiger partial charge >= 0.3 is 0 Å². The van der Waals surface area contributed by atoms with E-state index >= 15 is 0 Å². The number of ether oxygens (including phenoxy) is 1. The molecule has 0 saturated carbocycles. The first-order valence-corrected chi connectivity index (χ1v) is 7.54. The summed E-state index contributed by atoms with van der Waals surface area (Å²) in [5.41, 5.74) is 1.07. The van der Waals surface area contributed by atoms with Gasteiger partial charge in [0.15, 0.2) is 0 Å². The first-order chi connectivity index (χ1) is 8.74. The van der Waals surface area contributed by atoms with E-state index in [-0.39, 0.29) is 5.82 Å². The number of nitrogens with zero attached hydrogens (tertiary/aromatic N) is 1. The average molecular weight is 283 g/mol. The van der Waals surface area contributed by atoms with Crippen molar-refractivity contribution in [2.24, 2.45) is 0 Å². The van der Waals surface area contributed by atoms with Gasteiger partial charge in [0.1, 0.15) is 15.9 Å². The van der Waals surface area contributed by atoms with Crippen LogP contribution < -0.4 is 4.74 Å². The van der Waals surface area contributed by atoms with Gasteiger partial charge in [0.05, 0.1) is 6.61 Å². The van der Waals surface area contributed by atoms with Crippen molar-refractivity contribution in [2.75, 3.05) is 12.4 Å². The zero-order valence-electron chi connectivity index (χ0n) is 10.1. The number of benzene rings is 1. The van der Waals surface area contributed by atoms with Crippen LogP contribution in [0.2, 0.25) is 0 Å². The lowest BCUT2D eigenvalue weighted by atomic mass is 10.3. The molecule has 2 aromatic rings. The predicted molar refractivity (Wildman–Crippen MR) is 74.1 cm³/mol. The fourth-order valence-corrected chi connectivity index (χ4v) is 3.17. The van der Waals surface area contributed by atoms with E-state index in [0.29, 0.717) is 12.4 Å². The molecule has 2 nitrogen and oxygen atoms in total. The molecule has 0 radical (unpaired) electrons. The highest BCUT2D eigenvalue weighted by Crippen LogP contribution is 2.22. The van der Waals surface area contributed by atoms with Gasteiger partial charge in [0.2, 0.25) is 0 Å². The summed E-state index contributed by atoms with van der Waals surface area (Å²) in [6.07, 6.45) is 0.945. The quantitative estimate of drug-likeness (QED) is 0.587. The van der Waals surface area contributed by atoms with Gasteiger partial charge in [-0.15, -0.1) is 11.3 Å². The van der Waals surface area contributed by atoms with Crippen molar-refractivity contribution in [3.8, 4) is 5.75 Å². The number of hydrogen-bond acceptors (Lipinski definition) is 4. The first kappa shape index (κ1) is 13.4. The number of hydrogen-bond donors (Lipinski definition) is 0. The van der Waals surface area contributed by atoms with Crippen molar-refractivity contribution in [3.63, 3.8) is 0 Å². The fraction of sp³-hybridized carbons (Fsp3) is 0.308. The molecule has 0 spiro atoms. The third kappa shape index (κ3) is 4.31. The second-order valence-electron chi connectivity index (χ2n) is 3.76. The summed E-state index contributed by atoms with van der Waals surface area (Å²) in [6.45, 7) is 2.64. The number of aryl methyl sites for hydroxylation is 1. The molecule has 0 aliphatic carbocycles. The van der Waals surface area contributed by atoms with Crippen LogP contribution in [0.25, 0.3) is 0 Å². The molecule has 1 aromatic heterocycles. The summed E-state index contributed by atoms with van der Waals surface area (Å²) in [6, 6.07) is 6.10. The molecule has 5 heteroatoms. The van der Waals surface area contributed by atoms with Gasteiger partial charge in [-0.25, -0.2) is 9.37 Å². The maximum Gasteiger partial charge on any atom is 0.150 e. The molecular weight excluding hydrogens is 269 g/mol. The summed E-state index contributed by atoms with van der Waals surface area (Å²) < 4.78 is 19.3. The van der Waals surface area contributed by atoms with Crippen molar-refractivity contribution in [3.05, 3.63) is 41.2 Å². The maximum atomic E-state index is 12.7. The third-order valence-corrected chi connectivity index (χ3v) is 4.42. The Bertz CT molecular complexity index is 484. The number of rotatable bonds is 6. The van der Waals surface area contributed by atoms with E-state index in [1.165, 1.54) is 12.1 Å². The van der Waals surface area contributed by atoms with Crippen LogP contribution in [0.3, 0.4) is 0 Å². The molecule has 1 aromatic carbocycles. The van der Waals surface area contributed by atoms with Gasteiger partial charge in [0, 0.05) is 16.8 Å². The van der Waals surface area contributed by atoms with Crippen LogP contribution in [0.4, 0.5) is 4.39 Å². The molecule has 0 aliphatic heterocycles. The molecule has 0 aliphatic rings. The van der Waals surface area contributed by atoms with E-state index in [1.807, 2.05) is 6.92 Å². The zero-order valence-corrected chi connectivity index (χ0v) is 11.7. The van der Waals surface area contributed by atoms with Crippen molar-refractivity contribution in [2.45, 2.75) is 17.7 Å². The van der Waals surface area contributed by atoms with Crippen LogP contribution in [-0.2, 0) is 0 Å². The highest BCUT2D eigenvalue weighted by atomic mass is 32.2. The molecule has 96 valence electrons.